The summed E-state index contributed by atoms with van der Waals surface area (Å²) in [4.78, 5) is 23.0. The molecule has 120 valence electrons. The van der Waals surface area contributed by atoms with E-state index in [1.165, 1.54) is 30.3 Å². The second kappa shape index (κ2) is 5.99. The fourth-order valence-electron chi connectivity index (χ4n) is 1.89. The van der Waals surface area contributed by atoms with Gasteiger partial charge in [-0.3, -0.25) is 9.59 Å². The first-order valence-electron chi connectivity index (χ1n) is 6.36. The smallest absolute Gasteiger partial charge is 0.399 e. The summed E-state index contributed by atoms with van der Waals surface area (Å²) in [5, 5.41) is 2.18. The predicted octanol–water partition coefficient (Wildman–Crippen LogP) is 2.64. The molecule has 0 fully saturated rings. The summed E-state index contributed by atoms with van der Waals surface area (Å²) in [7, 11) is 0. The molecule has 0 saturated carbocycles. The van der Waals surface area contributed by atoms with Crippen LogP contribution in [0.3, 0.4) is 0 Å². The molecule has 0 aliphatic heterocycles. The Balaban J connectivity index is 2.28. The van der Waals surface area contributed by atoms with Crippen molar-refractivity contribution in [2.45, 2.75) is 6.18 Å². The van der Waals surface area contributed by atoms with E-state index in [1.54, 1.807) is 0 Å². The summed E-state index contributed by atoms with van der Waals surface area (Å²) in [5.74, 6) is -1.42. The van der Waals surface area contributed by atoms with Crippen LogP contribution in [0.1, 0.15) is 26.3 Å². The van der Waals surface area contributed by atoms with E-state index >= 15 is 0 Å². The topological polar surface area (TPSA) is 98.2 Å². The largest absolute Gasteiger partial charge is 0.418 e. The lowest BCUT2D eigenvalue weighted by Crippen LogP contribution is -2.17. The van der Waals surface area contributed by atoms with Crippen molar-refractivity contribution in [3.8, 4) is 0 Å². The molecular weight excluding hydrogens is 311 g/mol. The van der Waals surface area contributed by atoms with Gasteiger partial charge in [-0.15, -0.1) is 0 Å². The number of amides is 2. The van der Waals surface area contributed by atoms with Crippen molar-refractivity contribution in [1.29, 1.82) is 0 Å². The zero-order chi connectivity index (χ0) is 17.2. The number of nitrogen functional groups attached to an aromatic ring is 1. The maximum Gasteiger partial charge on any atom is 0.418 e. The predicted molar refractivity (Wildman–Crippen MR) is 78.8 cm³/mol. The van der Waals surface area contributed by atoms with Gasteiger partial charge in [-0.1, -0.05) is 0 Å². The minimum Gasteiger partial charge on any atom is -0.399 e. The molecule has 5 nitrogen and oxygen atoms in total. The van der Waals surface area contributed by atoms with E-state index in [0.29, 0.717) is 0 Å². The summed E-state index contributed by atoms with van der Waals surface area (Å²) < 4.78 is 38.9. The Hall–Kier alpha value is -3.03. The van der Waals surface area contributed by atoms with Gasteiger partial charge in [-0.2, -0.15) is 13.2 Å². The minimum atomic E-state index is -4.66. The second-order valence-electron chi connectivity index (χ2n) is 4.70. The van der Waals surface area contributed by atoms with Gasteiger partial charge in [-0.25, -0.2) is 0 Å². The number of hydrogen-bond donors (Lipinski definition) is 3. The maximum atomic E-state index is 13.0. The number of halogens is 3. The average molecular weight is 323 g/mol. The Morgan fingerprint density at radius 1 is 0.957 bits per heavy atom. The van der Waals surface area contributed by atoms with E-state index in [9.17, 15) is 22.8 Å². The standard InChI is InChI=1S/C15H12F3N3O2/c16-15(17,18)11-7-10(19)5-6-12(11)21-14(23)9-3-1-8(2-4-9)13(20)22/h1-7H,19H2,(H2,20,22)(H,21,23). The zero-order valence-corrected chi connectivity index (χ0v) is 11.6. The first-order chi connectivity index (χ1) is 10.7. The molecule has 2 rings (SSSR count). The van der Waals surface area contributed by atoms with Crippen molar-refractivity contribution < 1.29 is 22.8 Å². The molecule has 2 aromatic rings. The van der Waals surface area contributed by atoms with Crippen molar-refractivity contribution in [2.75, 3.05) is 11.1 Å². The highest BCUT2D eigenvalue weighted by atomic mass is 19.4. The molecule has 0 heterocycles. The first kappa shape index (κ1) is 16.3. The highest BCUT2D eigenvalue weighted by Gasteiger charge is 2.34. The molecule has 0 atom stereocenters. The summed E-state index contributed by atoms with van der Waals surface area (Å²) in [6.07, 6.45) is -4.66. The Kier molecular flexibility index (Phi) is 4.26. The lowest BCUT2D eigenvalue weighted by molar-refractivity contribution is -0.136. The lowest BCUT2D eigenvalue weighted by Gasteiger charge is -2.14. The molecular formula is C15H12F3N3O2. The second-order valence-corrected chi connectivity index (χ2v) is 4.70. The number of rotatable bonds is 3. The highest BCUT2D eigenvalue weighted by Crippen LogP contribution is 2.36. The Labute approximate surface area is 129 Å². The van der Waals surface area contributed by atoms with Crippen LogP contribution in [-0.2, 0) is 6.18 Å². The molecule has 0 aromatic heterocycles. The molecule has 5 N–H and O–H groups in total. The minimum absolute atomic E-state index is 0.0684. The number of anilines is 2. The lowest BCUT2D eigenvalue weighted by atomic mass is 10.1. The van der Waals surface area contributed by atoms with Gasteiger partial charge in [0.2, 0.25) is 5.91 Å². The molecule has 0 radical (unpaired) electrons. The number of benzene rings is 2. The van der Waals surface area contributed by atoms with Crippen LogP contribution in [0.15, 0.2) is 42.5 Å². The molecule has 0 saturated heterocycles. The number of hydrogen-bond acceptors (Lipinski definition) is 3. The molecule has 0 unspecified atom stereocenters. The van der Waals surface area contributed by atoms with E-state index in [0.717, 1.165) is 12.1 Å². The quantitative estimate of drug-likeness (QED) is 0.757. The van der Waals surface area contributed by atoms with Crippen LogP contribution in [-0.4, -0.2) is 11.8 Å². The fraction of sp³-hybridized carbons (Fsp3) is 0.0667. The molecule has 23 heavy (non-hydrogen) atoms. The first-order valence-corrected chi connectivity index (χ1v) is 6.36. The van der Waals surface area contributed by atoms with Gasteiger partial charge in [-0.05, 0) is 42.5 Å². The maximum absolute atomic E-state index is 13.0. The fourth-order valence-corrected chi connectivity index (χ4v) is 1.89. The van der Waals surface area contributed by atoms with Gasteiger partial charge in [0.25, 0.3) is 5.91 Å². The summed E-state index contributed by atoms with van der Waals surface area (Å²) in [5.41, 5.74) is 9.17. The monoisotopic (exact) mass is 323 g/mol. The number of nitrogens with two attached hydrogens (primary N) is 2. The summed E-state index contributed by atoms with van der Waals surface area (Å²) in [6, 6.07) is 8.27. The highest BCUT2D eigenvalue weighted by molar-refractivity contribution is 6.05. The van der Waals surface area contributed by atoms with Crippen molar-refractivity contribution in [2.24, 2.45) is 5.73 Å². The van der Waals surface area contributed by atoms with Crippen LogP contribution in [0.5, 0.6) is 0 Å². The Bertz CT molecular complexity index is 756. The SMILES string of the molecule is NC(=O)c1ccc(C(=O)Nc2ccc(N)cc2C(F)(F)F)cc1. The van der Waals surface area contributed by atoms with Crippen LogP contribution in [0.2, 0.25) is 0 Å². The van der Waals surface area contributed by atoms with Crippen molar-refractivity contribution in [3.05, 3.63) is 59.2 Å². The van der Waals surface area contributed by atoms with Gasteiger partial charge >= 0.3 is 6.18 Å². The van der Waals surface area contributed by atoms with Crippen LogP contribution in [0, 0.1) is 0 Å². The normalized spacial score (nSPS) is 11.1. The van der Waals surface area contributed by atoms with Crippen LogP contribution >= 0.6 is 0 Å². The number of alkyl halides is 3. The average Bonchev–Trinajstić information content (AvgIpc) is 2.48. The zero-order valence-electron chi connectivity index (χ0n) is 11.6. The van der Waals surface area contributed by atoms with E-state index < -0.39 is 29.2 Å². The number of primary amides is 1. The van der Waals surface area contributed by atoms with Crippen LogP contribution in [0.25, 0.3) is 0 Å². The molecule has 0 aliphatic carbocycles. The molecule has 8 heteroatoms. The third kappa shape index (κ3) is 3.79. The number of carbonyl (C=O) groups excluding carboxylic acids is 2. The third-order valence-electron chi connectivity index (χ3n) is 3.03. The molecule has 0 aliphatic rings. The van der Waals surface area contributed by atoms with Gasteiger partial charge in [0.05, 0.1) is 11.3 Å². The molecule has 0 bridgehead atoms. The Morgan fingerprint density at radius 2 is 1.52 bits per heavy atom. The molecule has 2 aromatic carbocycles. The van der Waals surface area contributed by atoms with Gasteiger partial charge in [0.15, 0.2) is 0 Å². The number of nitrogens with one attached hydrogen (secondary N) is 1. The Morgan fingerprint density at radius 3 is 2.04 bits per heavy atom. The van der Waals surface area contributed by atoms with Crippen molar-refractivity contribution in [3.63, 3.8) is 0 Å². The van der Waals surface area contributed by atoms with Crippen LogP contribution < -0.4 is 16.8 Å². The number of carbonyl (C=O) groups is 2. The van der Waals surface area contributed by atoms with E-state index in [4.69, 9.17) is 11.5 Å². The van der Waals surface area contributed by atoms with Crippen molar-refractivity contribution in [1.82, 2.24) is 0 Å². The van der Waals surface area contributed by atoms with Gasteiger partial charge < -0.3 is 16.8 Å². The van der Waals surface area contributed by atoms with Crippen molar-refractivity contribution >= 4 is 23.2 Å². The van der Waals surface area contributed by atoms with Gasteiger partial charge in [0, 0.05) is 16.8 Å². The van der Waals surface area contributed by atoms with Crippen LogP contribution in [0.4, 0.5) is 24.5 Å². The summed E-state index contributed by atoms with van der Waals surface area (Å²) in [6.45, 7) is 0. The van der Waals surface area contributed by atoms with Gasteiger partial charge in [0.1, 0.15) is 0 Å². The summed E-state index contributed by atoms with van der Waals surface area (Å²) >= 11 is 0. The molecule has 2 amide bonds. The van der Waals surface area contributed by atoms with E-state index in [2.05, 4.69) is 5.32 Å². The van der Waals surface area contributed by atoms with E-state index in [1.807, 2.05) is 0 Å². The third-order valence-corrected chi connectivity index (χ3v) is 3.03. The van der Waals surface area contributed by atoms with E-state index in [-0.39, 0.29) is 16.8 Å². The molecule has 0 spiro atoms.